The second-order valence-electron chi connectivity index (χ2n) is 6.03. The van der Waals surface area contributed by atoms with E-state index in [-0.39, 0.29) is 30.1 Å². The molecule has 1 heterocycles. The summed E-state index contributed by atoms with van der Waals surface area (Å²) in [6.45, 7) is 1.12. The molecule has 1 saturated heterocycles. The largest absolute Gasteiger partial charge is 0.397 e. The molecule has 0 radical (unpaired) electrons. The van der Waals surface area contributed by atoms with Crippen LogP contribution in [0.2, 0.25) is 0 Å². The molecular weight excluding hydrogens is 338 g/mol. The van der Waals surface area contributed by atoms with Crippen molar-refractivity contribution in [3.05, 3.63) is 60.2 Å². The van der Waals surface area contributed by atoms with E-state index in [9.17, 15) is 9.59 Å². The Kier molecular flexibility index (Phi) is 6.42. The lowest BCUT2D eigenvalue weighted by Gasteiger charge is -2.32. The molecule has 2 aromatic carbocycles. The molecule has 1 aliphatic heterocycles. The fourth-order valence-electron chi connectivity index (χ4n) is 2.98. The predicted molar refractivity (Wildman–Crippen MR) is 102 cm³/mol. The summed E-state index contributed by atoms with van der Waals surface area (Å²) in [5.74, 6) is -0.322. The standard InChI is InChI=1S/C19H21N3O2.ClH/c20-16-10-4-5-11-17(16)21-18(23)15-9-6-12-22(13-15)19(24)14-7-2-1-3-8-14;/h1-5,7-8,10-11,15H,6,9,12-13,20H2,(H,21,23);1H. The molecule has 132 valence electrons. The van der Waals surface area contributed by atoms with Gasteiger partial charge in [0.2, 0.25) is 5.91 Å². The molecule has 1 unspecified atom stereocenters. The molecule has 2 amide bonds. The van der Waals surface area contributed by atoms with Crippen molar-refractivity contribution in [3.63, 3.8) is 0 Å². The summed E-state index contributed by atoms with van der Waals surface area (Å²) in [5.41, 5.74) is 7.69. The molecule has 5 nitrogen and oxygen atoms in total. The lowest BCUT2D eigenvalue weighted by molar-refractivity contribution is -0.121. The van der Waals surface area contributed by atoms with E-state index in [2.05, 4.69) is 5.32 Å². The number of nitrogens with zero attached hydrogens (tertiary/aromatic N) is 1. The highest BCUT2D eigenvalue weighted by atomic mass is 35.5. The van der Waals surface area contributed by atoms with Crippen molar-refractivity contribution in [1.82, 2.24) is 4.90 Å². The average molecular weight is 360 g/mol. The van der Waals surface area contributed by atoms with Crippen LogP contribution in [0.3, 0.4) is 0 Å². The van der Waals surface area contributed by atoms with Crippen molar-refractivity contribution in [2.24, 2.45) is 5.92 Å². The minimum atomic E-state index is -0.217. The van der Waals surface area contributed by atoms with Gasteiger partial charge < -0.3 is 16.0 Å². The van der Waals surface area contributed by atoms with E-state index in [1.165, 1.54) is 0 Å². The molecule has 0 aromatic heterocycles. The van der Waals surface area contributed by atoms with Gasteiger partial charge in [-0.3, -0.25) is 9.59 Å². The van der Waals surface area contributed by atoms with Gasteiger partial charge in [0.05, 0.1) is 17.3 Å². The summed E-state index contributed by atoms with van der Waals surface area (Å²) < 4.78 is 0. The van der Waals surface area contributed by atoms with Crippen LogP contribution in [-0.2, 0) is 4.79 Å². The Hall–Kier alpha value is -2.53. The second kappa shape index (κ2) is 8.53. The fraction of sp³-hybridized carbons (Fsp3) is 0.263. The zero-order valence-electron chi connectivity index (χ0n) is 13.9. The minimum Gasteiger partial charge on any atom is -0.397 e. The van der Waals surface area contributed by atoms with E-state index in [1.807, 2.05) is 30.3 Å². The number of rotatable bonds is 3. The topological polar surface area (TPSA) is 75.4 Å². The number of likely N-dealkylation sites (tertiary alicyclic amines) is 1. The summed E-state index contributed by atoms with van der Waals surface area (Å²) in [6.07, 6.45) is 1.60. The lowest BCUT2D eigenvalue weighted by Crippen LogP contribution is -2.43. The predicted octanol–water partition coefficient (Wildman–Crippen LogP) is 3.18. The molecule has 1 atom stereocenters. The maximum atomic E-state index is 12.6. The third-order valence-corrected chi connectivity index (χ3v) is 4.32. The van der Waals surface area contributed by atoms with Crippen LogP contribution in [0.15, 0.2) is 54.6 Å². The molecule has 0 saturated carbocycles. The van der Waals surface area contributed by atoms with Gasteiger partial charge in [0.25, 0.3) is 5.91 Å². The first kappa shape index (κ1) is 18.8. The molecule has 2 aromatic rings. The van der Waals surface area contributed by atoms with Crippen molar-refractivity contribution in [3.8, 4) is 0 Å². The first-order valence-corrected chi connectivity index (χ1v) is 8.15. The van der Waals surface area contributed by atoms with Crippen LogP contribution in [0.4, 0.5) is 11.4 Å². The van der Waals surface area contributed by atoms with E-state index >= 15 is 0 Å². The van der Waals surface area contributed by atoms with Crippen LogP contribution in [0.1, 0.15) is 23.2 Å². The maximum absolute atomic E-state index is 12.6. The summed E-state index contributed by atoms with van der Waals surface area (Å²) in [5, 5.41) is 2.88. The maximum Gasteiger partial charge on any atom is 0.253 e. The summed E-state index contributed by atoms with van der Waals surface area (Å²) in [7, 11) is 0. The molecule has 1 aliphatic rings. The van der Waals surface area contributed by atoms with E-state index in [1.54, 1.807) is 29.2 Å². The summed E-state index contributed by atoms with van der Waals surface area (Å²) in [4.78, 5) is 26.8. The third-order valence-electron chi connectivity index (χ3n) is 4.32. The Balaban J connectivity index is 0.00000225. The van der Waals surface area contributed by atoms with Gasteiger partial charge in [0.15, 0.2) is 0 Å². The van der Waals surface area contributed by atoms with Crippen molar-refractivity contribution in [2.75, 3.05) is 24.1 Å². The zero-order chi connectivity index (χ0) is 16.9. The molecule has 3 rings (SSSR count). The molecule has 1 fully saturated rings. The second-order valence-corrected chi connectivity index (χ2v) is 6.03. The van der Waals surface area contributed by atoms with Gasteiger partial charge in [-0.25, -0.2) is 0 Å². The normalized spacial score (nSPS) is 16.6. The SMILES string of the molecule is Cl.Nc1ccccc1NC(=O)C1CCCN(C(=O)c2ccccc2)C1. The van der Waals surface area contributed by atoms with E-state index in [4.69, 9.17) is 5.73 Å². The average Bonchev–Trinajstić information content (AvgIpc) is 2.64. The molecule has 3 N–H and O–H groups in total. The molecule has 0 bridgehead atoms. The first-order chi connectivity index (χ1) is 11.6. The highest BCUT2D eigenvalue weighted by Crippen LogP contribution is 2.22. The number of amides is 2. The minimum absolute atomic E-state index is 0. The van der Waals surface area contributed by atoms with Gasteiger partial charge in [-0.1, -0.05) is 30.3 Å². The Morgan fingerprint density at radius 3 is 2.44 bits per heavy atom. The Morgan fingerprint density at radius 2 is 1.72 bits per heavy atom. The Morgan fingerprint density at radius 1 is 1.04 bits per heavy atom. The highest BCUT2D eigenvalue weighted by Gasteiger charge is 2.29. The number of nitrogens with two attached hydrogens (primary N) is 1. The van der Waals surface area contributed by atoms with Gasteiger partial charge in [-0.2, -0.15) is 0 Å². The number of nitrogen functional groups attached to an aromatic ring is 1. The van der Waals surface area contributed by atoms with E-state index in [0.29, 0.717) is 30.0 Å². The number of carbonyl (C=O) groups excluding carboxylic acids is 2. The number of hydrogen-bond acceptors (Lipinski definition) is 3. The van der Waals surface area contributed by atoms with E-state index < -0.39 is 0 Å². The fourth-order valence-corrected chi connectivity index (χ4v) is 2.98. The van der Waals surface area contributed by atoms with Crippen LogP contribution in [0.5, 0.6) is 0 Å². The number of carbonyl (C=O) groups is 2. The van der Waals surface area contributed by atoms with E-state index in [0.717, 1.165) is 12.8 Å². The van der Waals surface area contributed by atoms with Crippen LogP contribution in [0, 0.1) is 5.92 Å². The molecule has 0 aliphatic carbocycles. The van der Waals surface area contributed by atoms with Crippen molar-refractivity contribution >= 4 is 35.6 Å². The quantitative estimate of drug-likeness (QED) is 0.826. The van der Waals surface area contributed by atoms with Crippen LogP contribution in [-0.4, -0.2) is 29.8 Å². The number of piperidine rings is 1. The number of anilines is 2. The summed E-state index contributed by atoms with van der Waals surface area (Å²) >= 11 is 0. The molecule has 25 heavy (non-hydrogen) atoms. The molecule has 6 heteroatoms. The van der Waals surface area contributed by atoms with Gasteiger partial charge in [0.1, 0.15) is 0 Å². The molecular formula is C19H22ClN3O2. The van der Waals surface area contributed by atoms with Gasteiger partial charge >= 0.3 is 0 Å². The number of hydrogen-bond donors (Lipinski definition) is 2. The van der Waals surface area contributed by atoms with Crippen LogP contribution >= 0.6 is 12.4 Å². The van der Waals surface area contributed by atoms with Crippen molar-refractivity contribution in [2.45, 2.75) is 12.8 Å². The van der Waals surface area contributed by atoms with Crippen LogP contribution < -0.4 is 11.1 Å². The van der Waals surface area contributed by atoms with Gasteiger partial charge in [0, 0.05) is 18.7 Å². The lowest BCUT2D eigenvalue weighted by atomic mass is 9.96. The highest BCUT2D eigenvalue weighted by molar-refractivity contribution is 5.97. The number of para-hydroxylation sites is 2. The number of benzene rings is 2. The smallest absolute Gasteiger partial charge is 0.253 e. The first-order valence-electron chi connectivity index (χ1n) is 8.15. The van der Waals surface area contributed by atoms with Crippen molar-refractivity contribution < 1.29 is 9.59 Å². The number of nitrogens with one attached hydrogen (secondary N) is 1. The monoisotopic (exact) mass is 359 g/mol. The Labute approximate surface area is 153 Å². The third kappa shape index (κ3) is 4.51. The molecule has 0 spiro atoms. The number of halogens is 1. The van der Waals surface area contributed by atoms with Gasteiger partial charge in [-0.15, -0.1) is 12.4 Å². The zero-order valence-corrected chi connectivity index (χ0v) is 14.7. The van der Waals surface area contributed by atoms with Gasteiger partial charge in [-0.05, 0) is 37.1 Å². The summed E-state index contributed by atoms with van der Waals surface area (Å²) in [6, 6.07) is 16.4. The van der Waals surface area contributed by atoms with Crippen molar-refractivity contribution in [1.29, 1.82) is 0 Å². The Bertz CT molecular complexity index is 736. The van der Waals surface area contributed by atoms with Crippen LogP contribution in [0.25, 0.3) is 0 Å².